The minimum Gasteiger partial charge on any atom is -0.339 e. The molecule has 1 N–H and O–H groups in total. The molecule has 0 bridgehead atoms. The van der Waals surface area contributed by atoms with Crippen LogP contribution in [0.25, 0.3) is 0 Å². The summed E-state index contributed by atoms with van der Waals surface area (Å²) in [6.45, 7) is 10.9. The zero-order chi connectivity index (χ0) is 17.8. The minimum atomic E-state index is 0.442. The first-order chi connectivity index (χ1) is 12.1. The van der Waals surface area contributed by atoms with Crippen LogP contribution in [0.5, 0.6) is 0 Å². The van der Waals surface area contributed by atoms with Gasteiger partial charge in [-0.3, -0.25) is 0 Å². The van der Waals surface area contributed by atoms with Crippen LogP contribution in [0.3, 0.4) is 0 Å². The monoisotopic (exact) mass is 339 g/mol. The van der Waals surface area contributed by atoms with Crippen molar-refractivity contribution in [1.29, 1.82) is 0 Å². The van der Waals surface area contributed by atoms with Gasteiger partial charge in [0, 0.05) is 18.8 Å². The summed E-state index contributed by atoms with van der Waals surface area (Å²) in [4.78, 5) is 6.97. The normalized spacial score (nSPS) is 15.0. The highest BCUT2D eigenvalue weighted by atomic mass is 15.3. The summed E-state index contributed by atoms with van der Waals surface area (Å²) in [5, 5.41) is 12.0. The highest BCUT2D eigenvalue weighted by Gasteiger charge is 2.17. The maximum Gasteiger partial charge on any atom is 0.247 e. The van der Waals surface area contributed by atoms with Crippen molar-refractivity contribution >= 4 is 17.5 Å². The van der Waals surface area contributed by atoms with E-state index in [4.69, 9.17) is 4.98 Å². The maximum absolute atomic E-state index is 4.73. The number of nitrogens with one attached hydrogen (secondary N) is 1. The summed E-state index contributed by atoms with van der Waals surface area (Å²) in [5.74, 6) is 2.39. The molecule has 2 aromatic rings. The molecule has 5 nitrogen and oxygen atoms in total. The van der Waals surface area contributed by atoms with Crippen LogP contribution in [-0.2, 0) is 0 Å². The summed E-state index contributed by atoms with van der Waals surface area (Å²) in [6.07, 6.45) is 5.42. The van der Waals surface area contributed by atoms with Gasteiger partial charge >= 0.3 is 0 Å². The molecule has 1 saturated heterocycles. The van der Waals surface area contributed by atoms with Gasteiger partial charge in [-0.1, -0.05) is 45.9 Å². The van der Waals surface area contributed by atoms with Gasteiger partial charge in [0.15, 0.2) is 5.82 Å². The van der Waals surface area contributed by atoms with Crippen LogP contribution in [0.1, 0.15) is 69.9 Å². The predicted octanol–water partition coefficient (Wildman–Crippen LogP) is 4.85. The smallest absolute Gasteiger partial charge is 0.247 e. The van der Waals surface area contributed by atoms with Gasteiger partial charge in [-0.2, -0.15) is 10.1 Å². The predicted molar refractivity (Wildman–Crippen MR) is 104 cm³/mol. The largest absolute Gasteiger partial charge is 0.339 e. The SMILES string of the molecule is CC(C)c1cccc(C(C)C)c1Nc1cnnc(N2CCCCC2)n1. The quantitative estimate of drug-likeness (QED) is 0.843. The molecule has 1 aromatic heterocycles. The topological polar surface area (TPSA) is 53.9 Å². The molecule has 0 atom stereocenters. The first-order valence-corrected chi connectivity index (χ1v) is 9.40. The molecule has 1 aliphatic heterocycles. The third-order valence-electron chi connectivity index (χ3n) is 4.81. The van der Waals surface area contributed by atoms with Crippen molar-refractivity contribution < 1.29 is 0 Å². The minimum absolute atomic E-state index is 0.442. The highest BCUT2D eigenvalue weighted by molar-refractivity contribution is 5.66. The van der Waals surface area contributed by atoms with Crippen molar-refractivity contribution in [3.63, 3.8) is 0 Å². The molecular formula is C20H29N5. The number of nitrogens with zero attached hydrogens (tertiary/aromatic N) is 4. The van der Waals surface area contributed by atoms with E-state index in [9.17, 15) is 0 Å². The van der Waals surface area contributed by atoms with Crippen LogP contribution >= 0.6 is 0 Å². The molecule has 134 valence electrons. The fraction of sp³-hybridized carbons (Fsp3) is 0.550. The average Bonchev–Trinajstić information content (AvgIpc) is 2.62. The number of anilines is 3. The van der Waals surface area contributed by atoms with E-state index in [1.807, 2.05) is 0 Å². The second-order valence-corrected chi connectivity index (χ2v) is 7.44. The Hall–Kier alpha value is -2.17. The van der Waals surface area contributed by atoms with Crippen LogP contribution in [0.4, 0.5) is 17.5 Å². The van der Waals surface area contributed by atoms with Crippen molar-refractivity contribution in [1.82, 2.24) is 15.2 Å². The van der Waals surface area contributed by atoms with Gasteiger partial charge in [0.2, 0.25) is 5.95 Å². The van der Waals surface area contributed by atoms with Crippen molar-refractivity contribution in [3.8, 4) is 0 Å². The molecule has 1 fully saturated rings. The number of piperidine rings is 1. The highest BCUT2D eigenvalue weighted by Crippen LogP contribution is 2.34. The number of rotatable bonds is 5. The van der Waals surface area contributed by atoms with E-state index < -0.39 is 0 Å². The molecule has 5 heteroatoms. The molecule has 1 aromatic carbocycles. The molecule has 0 unspecified atom stereocenters. The Balaban J connectivity index is 1.92. The molecule has 0 saturated carbocycles. The second kappa shape index (κ2) is 7.81. The summed E-state index contributed by atoms with van der Waals surface area (Å²) in [7, 11) is 0. The lowest BCUT2D eigenvalue weighted by Crippen LogP contribution is -2.31. The van der Waals surface area contributed by atoms with Gasteiger partial charge in [0.25, 0.3) is 0 Å². The van der Waals surface area contributed by atoms with Crippen LogP contribution in [0.15, 0.2) is 24.4 Å². The summed E-state index contributed by atoms with van der Waals surface area (Å²) in [6, 6.07) is 6.53. The lowest BCUT2D eigenvalue weighted by Gasteiger charge is -2.26. The van der Waals surface area contributed by atoms with Gasteiger partial charge in [-0.15, -0.1) is 5.10 Å². The number of aromatic nitrogens is 3. The Morgan fingerprint density at radius 3 is 2.20 bits per heavy atom. The molecule has 2 heterocycles. The fourth-order valence-corrected chi connectivity index (χ4v) is 3.41. The Morgan fingerprint density at radius 1 is 0.960 bits per heavy atom. The molecule has 0 aliphatic carbocycles. The van der Waals surface area contributed by atoms with Crippen molar-refractivity contribution in [2.75, 3.05) is 23.3 Å². The average molecular weight is 339 g/mol. The number of para-hydroxylation sites is 1. The molecule has 0 radical (unpaired) electrons. The van der Waals surface area contributed by atoms with Crippen molar-refractivity contribution in [2.45, 2.75) is 58.8 Å². The first-order valence-electron chi connectivity index (χ1n) is 9.40. The number of benzene rings is 1. The van der Waals surface area contributed by atoms with Gasteiger partial charge < -0.3 is 10.2 Å². The standard InChI is InChI=1S/C20H29N5/c1-14(2)16-9-8-10-17(15(3)4)19(16)22-18-13-21-24-20(23-18)25-11-6-5-7-12-25/h8-10,13-15H,5-7,11-12H2,1-4H3,(H,22,23,24). The molecule has 0 spiro atoms. The van der Waals surface area contributed by atoms with E-state index in [1.54, 1.807) is 6.20 Å². The molecular weight excluding hydrogens is 310 g/mol. The van der Waals surface area contributed by atoms with E-state index in [0.717, 1.165) is 30.5 Å². The Morgan fingerprint density at radius 2 is 1.60 bits per heavy atom. The lowest BCUT2D eigenvalue weighted by molar-refractivity contribution is 0.565. The molecule has 0 amide bonds. The van der Waals surface area contributed by atoms with E-state index in [0.29, 0.717) is 11.8 Å². The Kier molecular flexibility index (Phi) is 5.51. The second-order valence-electron chi connectivity index (χ2n) is 7.44. The Labute approximate surface area is 150 Å². The molecule has 1 aliphatic rings. The van der Waals surface area contributed by atoms with Crippen LogP contribution in [0, 0.1) is 0 Å². The summed E-state index contributed by atoms with van der Waals surface area (Å²) >= 11 is 0. The molecule has 3 rings (SSSR count). The van der Waals surface area contributed by atoms with E-state index >= 15 is 0 Å². The maximum atomic E-state index is 4.73. The first kappa shape index (κ1) is 17.6. The third kappa shape index (κ3) is 4.09. The van der Waals surface area contributed by atoms with E-state index in [1.165, 1.54) is 30.4 Å². The van der Waals surface area contributed by atoms with E-state index in [-0.39, 0.29) is 0 Å². The third-order valence-corrected chi connectivity index (χ3v) is 4.81. The Bertz CT molecular complexity index is 679. The van der Waals surface area contributed by atoms with Gasteiger partial charge in [0.1, 0.15) is 0 Å². The van der Waals surface area contributed by atoms with Gasteiger partial charge in [0.05, 0.1) is 6.20 Å². The van der Waals surface area contributed by atoms with Gasteiger partial charge in [-0.25, -0.2) is 0 Å². The van der Waals surface area contributed by atoms with Crippen LogP contribution < -0.4 is 10.2 Å². The van der Waals surface area contributed by atoms with E-state index in [2.05, 4.69) is 66.3 Å². The summed E-state index contributed by atoms with van der Waals surface area (Å²) in [5.41, 5.74) is 3.78. The van der Waals surface area contributed by atoms with Crippen LogP contribution in [-0.4, -0.2) is 28.3 Å². The molecule has 25 heavy (non-hydrogen) atoms. The summed E-state index contributed by atoms with van der Waals surface area (Å²) < 4.78 is 0. The van der Waals surface area contributed by atoms with Crippen molar-refractivity contribution in [2.24, 2.45) is 0 Å². The number of hydrogen-bond donors (Lipinski definition) is 1. The number of hydrogen-bond acceptors (Lipinski definition) is 5. The fourth-order valence-electron chi connectivity index (χ4n) is 3.41. The lowest BCUT2D eigenvalue weighted by atomic mass is 9.92. The van der Waals surface area contributed by atoms with Crippen LogP contribution in [0.2, 0.25) is 0 Å². The zero-order valence-electron chi connectivity index (χ0n) is 15.8. The zero-order valence-corrected chi connectivity index (χ0v) is 15.8. The van der Waals surface area contributed by atoms with Crippen molar-refractivity contribution in [3.05, 3.63) is 35.5 Å². The van der Waals surface area contributed by atoms with Gasteiger partial charge in [-0.05, 0) is 42.2 Å².